The number of carbonyl (C=O) groups is 1. The summed E-state index contributed by atoms with van der Waals surface area (Å²) in [6.45, 7) is 2.19. The molecule has 0 aliphatic carbocycles. The van der Waals surface area contributed by atoms with E-state index < -0.39 is 0 Å². The van der Waals surface area contributed by atoms with Gasteiger partial charge in [0, 0.05) is 12.6 Å². The number of nitrogens with zero attached hydrogens (tertiary/aromatic N) is 3. The lowest BCUT2D eigenvalue weighted by atomic mass is 10.0. The fraction of sp³-hybridized carbons (Fsp3) is 0.308. The maximum Gasteiger partial charge on any atom is 0.240 e. The third kappa shape index (κ3) is 1.80. The second-order valence-corrected chi connectivity index (χ2v) is 4.67. The van der Waals surface area contributed by atoms with Crippen molar-refractivity contribution < 1.29 is 9.32 Å². The van der Waals surface area contributed by atoms with Gasteiger partial charge in [-0.05, 0) is 24.1 Å². The monoisotopic (exact) mass is 258 g/mol. The first-order valence-corrected chi connectivity index (χ1v) is 6.03. The minimum Gasteiger partial charge on any atom is -0.338 e. The van der Waals surface area contributed by atoms with Crippen LogP contribution in [0.2, 0.25) is 0 Å². The molecule has 1 aromatic carbocycles. The molecule has 0 spiro atoms. The molecule has 1 aliphatic rings. The van der Waals surface area contributed by atoms with Crippen molar-refractivity contribution in [2.75, 3.05) is 11.9 Å². The van der Waals surface area contributed by atoms with Crippen molar-refractivity contribution in [1.29, 1.82) is 0 Å². The number of hydrogen-bond acceptors (Lipinski definition) is 5. The molecular weight excluding hydrogens is 244 g/mol. The molecule has 2 N–H and O–H groups in total. The van der Waals surface area contributed by atoms with Crippen LogP contribution in [0, 0.1) is 6.92 Å². The van der Waals surface area contributed by atoms with E-state index >= 15 is 0 Å². The highest BCUT2D eigenvalue weighted by Gasteiger charge is 2.29. The Kier molecular flexibility index (Phi) is 2.60. The summed E-state index contributed by atoms with van der Waals surface area (Å²) in [6.07, 6.45) is 0.419. The van der Waals surface area contributed by atoms with Crippen molar-refractivity contribution in [3.8, 4) is 11.4 Å². The van der Waals surface area contributed by atoms with Crippen LogP contribution in [0.4, 0.5) is 5.69 Å². The Morgan fingerprint density at radius 3 is 2.95 bits per heavy atom. The summed E-state index contributed by atoms with van der Waals surface area (Å²) in [6, 6.07) is 3.98. The second kappa shape index (κ2) is 4.17. The summed E-state index contributed by atoms with van der Waals surface area (Å²) >= 11 is 0. The number of likely N-dealkylation sites (N-methyl/N-ethyl adjacent to an activating group) is 1. The molecule has 0 fully saturated rings. The second-order valence-electron chi connectivity index (χ2n) is 4.67. The van der Waals surface area contributed by atoms with Gasteiger partial charge in [0.05, 0.1) is 18.7 Å². The number of aryl methyl sites for hydroxylation is 1. The average molecular weight is 258 g/mol. The predicted octanol–water partition coefficient (Wildman–Crippen LogP) is 1.02. The van der Waals surface area contributed by atoms with E-state index in [0.717, 1.165) is 22.4 Å². The fourth-order valence-electron chi connectivity index (χ4n) is 2.41. The van der Waals surface area contributed by atoms with Crippen LogP contribution in [0.5, 0.6) is 0 Å². The lowest BCUT2D eigenvalue weighted by molar-refractivity contribution is -0.117. The molecular formula is C13H14N4O2. The molecule has 0 atom stereocenters. The quantitative estimate of drug-likeness (QED) is 0.869. The topological polar surface area (TPSA) is 85.2 Å². The maximum atomic E-state index is 11.8. The third-order valence-corrected chi connectivity index (χ3v) is 3.27. The third-order valence-electron chi connectivity index (χ3n) is 3.27. The molecule has 1 aromatic heterocycles. The summed E-state index contributed by atoms with van der Waals surface area (Å²) in [7, 11) is 1.76. The lowest BCUT2D eigenvalue weighted by Gasteiger charge is -2.14. The van der Waals surface area contributed by atoms with Crippen molar-refractivity contribution in [2.45, 2.75) is 19.9 Å². The summed E-state index contributed by atoms with van der Waals surface area (Å²) in [5, 5.41) is 3.93. The summed E-state index contributed by atoms with van der Waals surface area (Å²) in [4.78, 5) is 17.7. The van der Waals surface area contributed by atoms with Crippen LogP contribution in [-0.2, 0) is 17.8 Å². The van der Waals surface area contributed by atoms with E-state index in [1.54, 1.807) is 11.9 Å². The number of aromatic nitrogens is 2. The summed E-state index contributed by atoms with van der Waals surface area (Å²) in [5.74, 6) is 0.934. The largest absolute Gasteiger partial charge is 0.338 e. The van der Waals surface area contributed by atoms with Crippen molar-refractivity contribution in [3.05, 3.63) is 29.2 Å². The predicted molar refractivity (Wildman–Crippen MR) is 69.5 cm³/mol. The zero-order chi connectivity index (χ0) is 13.6. The number of hydrogen-bond donors (Lipinski definition) is 1. The minimum absolute atomic E-state index is 0.0735. The first kappa shape index (κ1) is 11.9. The lowest BCUT2D eigenvalue weighted by Crippen LogP contribution is -2.21. The van der Waals surface area contributed by atoms with E-state index in [4.69, 9.17) is 10.3 Å². The van der Waals surface area contributed by atoms with E-state index in [1.807, 2.05) is 19.1 Å². The number of benzene rings is 1. The zero-order valence-corrected chi connectivity index (χ0v) is 10.8. The van der Waals surface area contributed by atoms with Gasteiger partial charge in [0.2, 0.25) is 17.6 Å². The van der Waals surface area contributed by atoms with Crippen molar-refractivity contribution >= 4 is 11.6 Å². The van der Waals surface area contributed by atoms with Gasteiger partial charge in [-0.25, -0.2) is 0 Å². The number of fused-ring (bicyclic) bond motifs is 1. The maximum absolute atomic E-state index is 11.8. The fourth-order valence-corrected chi connectivity index (χ4v) is 2.41. The highest BCUT2D eigenvalue weighted by atomic mass is 16.5. The molecule has 0 saturated carbocycles. The van der Waals surface area contributed by atoms with Crippen LogP contribution in [0.15, 0.2) is 16.7 Å². The van der Waals surface area contributed by atoms with E-state index in [2.05, 4.69) is 10.1 Å². The van der Waals surface area contributed by atoms with Gasteiger partial charge < -0.3 is 15.2 Å². The molecule has 19 heavy (non-hydrogen) atoms. The van der Waals surface area contributed by atoms with E-state index in [-0.39, 0.29) is 12.5 Å². The van der Waals surface area contributed by atoms with Crippen LogP contribution in [0.1, 0.15) is 17.0 Å². The first-order chi connectivity index (χ1) is 9.10. The van der Waals surface area contributed by atoms with Crippen LogP contribution in [0.25, 0.3) is 11.4 Å². The van der Waals surface area contributed by atoms with Gasteiger partial charge in [0.1, 0.15) is 0 Å². The number of rotatable bonds is 2. The molecule has 0 bridgehead atoms. The highest BCUT2D eigenvalue weighted by Crippen LogP contribution is 2.37. The molecule has 0 saturated heterocycles. The van der Waals surface area contributed by atoms with Gasteiger partial charge in [-0.2, -0.15) is 4.98 Å². The molecule has 0 unspecified atom stereocenters. The minimum atomic E-state index is 0.0735. The van der Waals surface area contributed by atoms with Gasteiger partial charge >= 0.3 is 0 Å². The van der Waals surface area contributed by atoms with Crippen molar-refractivity contribution in [3.63, 3.8) is 0 Å². The van der Waals surface area contributed by atoms with Crippen LogP contribution < -0.4 is 10.6 Å². The summed E-state index contributed by atoms with van der Waals surface area (Å²) in [5.41, 5.74) is 9.21. The Morgan fingerprint density at radius 1 is 1.47 bits per heavy atom. The van der Waals surface area contributed by atoms with Gasteiger partial charge in [-0.15, -0.1) is 0 Å². The number of nitrogens with two attached hydrogens (primary N) is 1. The molecule has 3 rings (SSSR count). The normalized spacial score (nSPS) is 14.1. The standard InChI is InChI=1S/C13H14N4O2/c1-7-3-8-5-11(18)17(2)12(8)9(4-7)13-15-10(6-14)19-16-13/h3-4H,5-6,14H2,1-2H3. The summed E-state index contributed by atoms with van der Waals surface area (Å²) < 4.78 is 5.04. The highest BCUT2D eigenvalue weighted by molar-refractivity contribution is 6.05. The molecule has 6 nitrogen and oxygen atoms in total. The van der Waals surface area contributed by atoms with Crippen LogP contribution in [-0.4, -0.2) is 23.1 Å². The first-order valence-electron chi connectivity index (χ1n) is 6.03. The Hall–Kier alpha value is -2.21. The molecule has 98 valence electrons. The molecule has 1 amide bonds. The zero-order valence-electron chi connectivity index (χ0n) is 10.8. The van der Waals surface area contributed by atoms with Gasteiger partial charge in [-0.1, -0.05) is 11.2 Å². The number of carbonyl (C=O) groups excluding carboxylic acids is 1. The Morgan fingerprint density at radius 2 is 2.26 bits per heavy atom. The Balaban J connectivity index is 2.19. The van der Waals surface area contributed by atoms with E-state index in [1.165, 1.54) is 0 Å². The smallest absolute Gasteiger partial charge is 0.240 e. The molecule has 2 aromatic rings. The SMILES string of the molecule is Cc1cc2c(c(-c3noc(CN)n3)c1)N(C)C(=O)C2. The number of amides is 1. The van der Waals surface area contributed by atoms with Gasteiger partial charge in [0.15, 0.2) is 0 Å². The Labute approximate surface area is 110 Å². The van der Waals surface area contributed by atoms with Gasteiger partial charge in [0.25, 0.3) is 0 Å². The van der Waals surface area contributed by atoms with Crippen LogP contribution in [0.3, 0.4) is 0 Å². The average Bonchev–Trinajstić information content (AvgIpc) is 2.95. The molecule has 6 heteroatoms. The van der Waals surface area contributed by atoms with E-state index in [0.29, 0.717) is 18.1 Å². The van der Waals surface area contributed by atoms with Crippen LogP contribution >= 0.6 is 0 Å². The van der Waals surface area contributed by atoms with Crippen molar-refractivity contribution in [1.82, 2.24) is 10.1 Å². The Bertz CT molecular complexity index is 663. The van der Waals surface area contributed by atoms with Gasteiger partial charge in [-0.3, -0.25) is 4.79 Å². The molecule has 1 aliphatic heterocycles. The van der Waals surface area contributed by atoms with Crippen molar-refractivity contribution in [2.24, 2.45) is 5.73 Å². The van der Waals surface area contributed by atoms with E-state index in [9.17, 15) is 4.79 Å². The molecule has 0 radical (unpaired) electrons. The number of anilines is 1. The molecule has 2 heterocycles.